The highest BCUT2D eigenvalue weighted by atomic mass is 32.2. The van der Waals surface area contributed by atoms with E-state index in [1.54, 1.807) is 24.4 Å². The van der Waals surface area contributed by atoms with Crippen molar-refractivity contribution < 1.29 is 31.4 Å². The van der Waals surface area contributed by atoms with E-state index < -0.39 is 27.5 Å². The predicted octanol–water partition coefficient (Wildman–Crippen LogP) is 3.69. The maximum Gasteiger partial charge on any atom is 0.516 e. The molecule has 2 N–H and O–H groups in total. The number of nitrogens with one attached hydrogen (secondary N) is 1. The van der Waals surface area contributed by atoms with E-state index in [4.69, 9.17) is 4.74 Å². The standard InChI is InChI=1S/C21H18F3N3O4S/c22-21(23,24)32(29,30)27-20-16(5-3-9-26-20)13-6-7-17-18(11-13)31-12-14(19(17)28)10-15-4-1-2-8-25-15/h1-9,11,14,19,28H,10,12H2,(H,26,27). The number of anilines is 1. The average molecular weight is 465 g/mol. The van der Waals surface area contributed by atoms with Crippen molar-refractivity contribution in [2.24, 2.45) is 5.92 Å². The van der Waals surface area contributed by atoms with Gasteiger partial charge in [-0.15, -0.1) is 0 Å². The first-order valence-corrected chi connectivity index (χ1v) is 11.0. The summed E-state index contributed by atoms with van der Waals surface area (Å²) in [6.45, 7) is 0.217. The van der Waals surface area contributed by atoms with Crippen LogP contribution >= 0.6 is 0 Å². The summed E-state index contributed by atoms with van der Waals surface area (Å²) in [7, 11) is -5.63. The molecule has 0 aliphatic carbocycles. The summed E-state index contributed by atoms with van der Waals surface area (Å²) < 4.78 is 68.7. The molecule has 2 unspecified atom stereocenters. The van der Waals surface area contributed by atoms with Crippen LogP contribution in [-0.4, -0.2) is 35.6 Å². The zero-order valence-electron chi connectivity index (χ0n) is 16.5. The Labute approximate surface area is 182 Å². The first kappa shape index (κ1) is 22.0. The number of benzene rings is 1. The van der Waals surface area contributed by atoms with E-state index in [-0.39, 0.29) is 18.1 Å². The summed E-state index contributed by atoms with van der Waals surface area (Å²) in [6, 6.07) is 13.1. The van der Waals surface area contributed by atoms with Crippen molar-refractivity contribution in [2.45, 2.75) is 18.0 Å². The Bertz CT molecular complexity index is 1220. The first-order chi connectivity index (χ1) is 15.2. The fraction of sp³-hybridized carbons (Fsp3) is 0.238. The molecule has 0 saturated heterocycles. The van der Waals surface area contributed by atoms with Gasteiger partial charge in [0, 0.05) is 35.1 Å². The third kappa shape index (κ3) is 4.39. The third-order valence-corrected chi connectivity index (χ3v) is 6.16. The fourth-order valence-electron chi connectivity index (χ4n) is 3.48. The van der Waals surface area contributed by atoms with Gasteiger partial charge in [-0.25, -0.2) is 4.98 Å². The van der Waals surface area contributed by atoms with Crippen LogP contribution in [-0.2, 0) is 16.4 Å². The smallest absolute Gasteiger partial charge is 0.493 e. The molecule has 1 aliphatic rings. The van der Waals surface area contributed by atoms with Crippen molar-refractivity contribution in [3.05, 3.63) is 72.2 Å². The highest BCUT2D eigenvalue weighted by Gasteiger charge is 2.46. The van der Waals surface area contributed by atoms with Gasteiger partial charge in [0.25, 0.3) is 0 Å². The molecule has 0 radical (unpaired) electrons. The van der Waals surface area contributed by atoms with Crippen LogP contribution in [0, 0.1) is 5.92 Å². The van der Waals surface area contributed by atoms with E-state index in [9.17, 15) is 26.7 Å². The van der Waals surface area contributed by atoms with E-state index in [1.807, 2.05) is 12.1 Å². The minimum Gasteiger partial charge on any atom is -0.493 e. The van der Waals surface area contributed by atoms with Crippen molar-refractivity contribution in [2.75, 3.05) is 11.3 Å². The van der Waals surface area contributed by atoms with Crippen molar-refractivity contribution in [3.8, 4) is 16.9 Å². The quantitative estimate of drug-likeness (QED) is 0.596. The summed E-state index contributed by atoms with van der Waals surface area (Å²) in [6.07, 6.45) is 2.53. The topological polar surface area (TPSA) is 101 Å². The Morgan fingerprint density at radius 1 is 1.09 bits per heavy atom. The molecule has 2 aromatic heterocycles. The molecule has 1 aliphatic heterocycles. The second-order valence-corrected chi connectivity index (χ2v) is 8.92. The zero-order chi connectivity index (χ0) is 22.9. The molecular formula is C21H18F3N3O4S. The van der Waals surface area contributed by atoms with E-state index >= 15 is 0 Å². The molecule has 1 aromatic carbocycles. The Kier molecular flexibility index (Phi) is 5.78. The Morgan fingerprint density at radius 2 is 1.88 bits per heavy atom. The van der Waals surface area contributed by atoms with Gasteiger partial charge >= 0.3 is 15.5 Å². The lowest BCUT2D eigenvalue weighted by molar-refractivity contribution is -0.0429. The van der Waals surface area contributed by atoms with Crippen molar-refractivity contribution in [1.29, 1.82) is 0 Å². The number of rotatable bonds is 5. The number of sulfonamides is 1. The highest BCUT2D eigenvalue weighted by Crippen LogP contribution is 2.40. The van der Waals surface area contributed by atoms with Gasteiger partial charge < -0.3 is 9.84 Å². The van der Waals surface area contributed by atoms with Crippen LogP contribution in [0.25, 0.3) is 11.1 Å². The van der Waals surface area contributed by atoms with Crippen LogP contribution in [0.15, 0.2) is 60.9 Å². The number of alkyl halides is 3. The summed E-state index contributed by atoms with van der Waals surface area (Å²) in [5.41, 5.74) is -3.61. The maximum absolute atomic E-state index is 12.8. The number of ether oxygens (including phenoxy) is 1. The number of halogens is 3. The second kappa shape index (κ2) is 8.40. The van der Waals surface area contributed by atoms with E-state index in [0.717, 1.165) is 5.69 Å². The summed E-state index contributed by atoms with van der Waals surface area (Å²) >= 11 is 0. The van der Waals surface area contributed by atoms with Crippen molar-refractivity contribution in [3.63, 3.8) is 0 Å². The van der Waals surface area contributed by atoms with Gasteiger partial charge in [-0.3, -0.25) is 9.71 Å². The number of fused-ring (bicyclic) bond motifs is 1. The average Bonchev–Trinajstić information content (AvgIpc) is 2.75. The molecule has 168 valence electrons. The number of aliphatic hydroxyl groups is 1. The number of pyridine rings is 2. The maximum atomic E-state index is 12.8. The third-order valence-electron chi connectivity index (χ3n) is 5.08. The van der Waals surface area contributed by atoms with Gasteiger partial charge in [0.2, 0.25) is 0 Å². The Morgan fingerprint density at radius 3 is 2.59 bits per heavy atom. The molecule has 0 saturated carbocycles. The number of hydrogen-bond donors (Lipinski definition) is 2. The van der Waals surface area contributed by atoms with E-state index in [2.05, 4.69) is 9.97 Å². The van der Waals surface area contributed by atoms with Gasteiger partial charge in [0.15, 0.2) is 0 Å². The van der Waals surface area contributed by atoms with Crippen molar-refractivity contribution >= 4 is 15.8 Å². The SMILES string of the molecule is O=S(=O)(Nc1ncccc1-c1ccc2c(c1)OCC(Cc1ccccn1)C2O)C(F)(F)F. The van der Waals surface area contributed by atoms with Crippen LogP contribution in [0.3, 0.4) is 0 Å². The molecule has 0 amide bonds. The van der Waals surface area contributed by atoms with Gasteiger partial charge in [0.05, 0.1) is 12.7 Å². The molecule has 0 fully saturated rings. The predicted molar refractivity (Wildman–Crippen MR) is 110 cm³/mol. The lowest BCUT2D eigenvalue weighted by Crippen LogP contribution is -2.30. The molecule has 2 atom stereocenters. The van der Waals surface area contributed by atoms with Gasteiger partial charge in [-0.05, 0) is 42.3 Å². The minimum atomic E-state index is -5.63. The minimum absolute atomic E-state index is 0.136. The summed E-state index contributed by atoms with van der Waals surface area (Å²) in [5, 5.41) is 10.8. The van der Waals surface area contributed by atoms with Gasteiger partial charge in [-0.2, -0.15) is 21.6 Å². The first-order valence-electron chi connectivity index (χ1n) is 9.55. The molecule has 3 aromatic rings. The van der Waals surface area contributed by atoms with Crippen LogP contribution in [0.5, 0.6) is 5.75 Å². The lowest BCUT2D eigenvalue weighted by Gasteiger charge is -2.30. The van der Waals surface area contributed by atoms with Crippen LogP contribution in [0.4, 0.5) is 19.0 Å². The Hall–Kier alpha value is -3.18. The van der Waals surface area contributed by atoms with Crippen molar-refractivity contribution in [1.82, 2.24) is 9.97 Å². The van der Waals surface area contributed by atoms with Crippen LogP contribution in [0.2, 0.25) is 0 Å². The van der Waals surface area contributed by atoms with Crippen LogP contribution < -0.4 is 9.46 Å². The monoisotopic (exact) mass is 465 g/mol. The fourth-order valence-corrected chi connectivity index (χ4v) is 4.01. The number of aromatic nitrogens is 2. The molecule has 4 rings (SSSR count). The molecule has 32 heavy (non-hydrogen) atoms. The second-order valence-electron chi connectivity index (χ2n) is 7.24. The number of nitrogens with zero attached hydrogens (tertiary/aromatic N) is 2. The molecule has 0 bridgehead atoms. The molecule has 3 heterocycles. The molecule has 7 nitrogen and oxygen atoms in total. The van der Waals surface area contributed by atoms with E-state index in [1.165, 1.54) is 29.1 Å². The normalized spacial score (nSPS) is 18.5. The van der Waals surface area contributed by atoms with Crippen LogP contribution in [0.1, 0.15) is 17.4 Å². The molecule has 0 spiro atoms. The number of aliphatic hydroxyl groups excluding tert-OH is 1. The summed E-state index contributed by atoms with van der Waals surface area (Å²) in [4.78, 5) is 8.02. The van der Waals surface area contributed by atoms with Gasteiger partial charge in [-0.1, -0.05) is 18.2 Å². The van der Waals surface area contributed by atoms with Gasteiger partial charge in [0.1, 0.15) is 11.6 Å². The zero-order valence-corrected chi connectivity index (χ0v) is 17.3. The molecule has 11 heteroatoms. The lowest BCUT2D eigenvalue weighted by atomic mass is 9.88. The largest absolute Gasteiger partial charge is 0.516 e. The molecular weight excluding hydrogens is 447 g/mol. The van der Waals surface area contributed by atoms with E-state index in [0.29, 0.717) is 23.3 Å². The Balaban J connectivity index is 1.61. The number of hydrogen-bond acceptors (Lipinski definition) is 6. The summed E-state index contributed by atoms with van der Waals surface area (Å²) in [5.74, 6) is -0.328. The highest BCUT2D eigenvalue weighted by molar-refractivity contribution is 7.93.